The maximum Gasteiger partial charge on any atom is 0.323 e. The molecular weight excluding hydrogens is 335 g/mol. The molecule has 17 heavy (non-hydrogen) atoms. The Morgan fingerprint density at radius 3 is 2.88 bits per heavy atom. The number of halogens is 1. The lowest BCUT2D eigenvalue weighted by atomic mass is 10.1. The molecule has 0 saturated carbocycles. The predicted octanol–water partition coefficient (Wildman–Crippen LogP) is 2.45. The molecule has 0 fully saturated rings. The second-order valence-corrected chi connectivity index (χ2v) is 5.12. The van der Waals surface area contributed by atoms with Gasteiger partial charge >= 0.3 is 5.97 Å². The lowest BCUT2D eigenvalue weighted by molar-refractivity contribution is -0.172. The highest BCUT2D eigenvalue weighted by Crippen LogP contribution is 2.20. The van der Waals surface area contributed by atoms with Gasteiger partial charge in [-0.25, -0.2) is 0 Å². The standard InChI is InChI=1S/C12H19IO4/c1-3-16-12(10(13)11(14)15-2)17-9-7-5-4-6-8-9/h5,7,9-10,12H,3-4,6,8H2,1-2H3/t9-,10?,12?/m1/s1. The topological polar surface area (TPSA) is 44.8 Å². The van der Waals surface area contributed by atoms with E-state index in [1.807, 2.05) is 35.6 Å². The maximum atomic E-state index is 11.5. The molecule has 0 aromatic rings. The first kappa shape index (κ1) is 14.9. The van der Waals surface area contributed by atoms with Crippen LogP contribution in [0.3, 0.4) is 0 Å². The average Bonchev–Trinajstić information content (AvgIpc) is 2.37. The molecule has 1 aliphatic carbocycles. The van der Waals surface area contributed by atoms with Gasteiger partial charge in [0.05, 0.1) is 13.2 Å². The quantitative estimate of drug-likeness (QED) is 0.242. The van der Waals surface area contributed by atoms with E-state index in [9.17, 15) is 4.79 Å². The second-order valence-electron chi connectivity index (χ2n) is 3.78. The minimum Gasteiger partial charge on any atom is -0.468 e. The molecule has 0 N–H and O–H groups in total. The van der Waals surface area contributed by atoms with Crippen LogP contribution in [0.4, 0.5) is 0 Å². The summed E-state index contributed by atoms with van der Waals surface area (Å²) in [6.07, 6.45) is 6.84. The number of carbonyl (C=O) groups excluding carboxylic acids is 1. The Balaban J connectivity index is 2.55. The van der Waals surface area contributed by atoms with Crippen molar-refractivity contribution in [3.05, 3.63) is 12.2 Å². The minimum absolute atomic E-state index is 0.0437. The van der Waals surface area contributed by atoms with Gasteiger partial charge in [-0.1, -0.05) is 34.7 Å². The second kappa shape index (κ2) is 8.05. The molecule has 1 rings (SSSR count). The van der Waals surface area contributed by atoms with Crippen molar-refractivity contribution >= 4 is 28.6 Å². The van der Waals surface area contributed by atoms with E-state index in [1.165, 1.54) is 7.11 Å². The van der Waals surface area contributed by atoms with Gasteiger partial charge in [-0.2, -0.15) is 0 Å². The van der Waals surface area contributed by atoms with E-state index < -0.39 is 10.2 Å². The van der Waals surface area contributed by atoms with E-state index in [2.05, 4.69) is 6.08 Å². The molecule has 0 saturated heterocycles. The van der Waals surface area contributed by atoms with Gasteiger partial charge < -0.3 is 14.2 Å². The van der Waals surface area contributed by atoms with Gasteiger partial charge in [0.2, 0.25) is 0 Å². The first-order chi connectivity index (χ1) is 8.19. The molecule has 0 aliphatic heterocycles. The summed E-state index contributed by atoms with van der Waals surface area (Å²) in [6.45, 7) is 2.39. The van der Waals surface area contributed by atoms with E-state index in [0.29, 0.717) is 6.61 Å². The lowest BCUT2D eigenvalue weighted by Gasteiger charge is -2.26. The summed E-state index contributed by atoms with van der Waals surface area (Å²) in [4.78, 5) is 11.5. The molecule has 0 aromatic heterocycles. The van der Waals surface area contributed by atoms with E-state index in [0.717, 1.165) is 19.3 Å². The number of ether oxygens (including phenoxy) is 3. The Kier molecular flexibility index (Phi) is 7.06. The van der Waals surface area contributed by atoms with Crippen LogP contribution in [-0.2, 0) is 19.0 Å². The summed E-state index contributed by atoms with van der Waals surface area (Å²) < 4.78 is 15.5. The molecule has 0 amide bonds. The minimum atomic E-state index is -0.541. The number of alkyl halides is 1. The molecule has 1 aliphatic rings. The van der Waals surface area contributed by atoms with Gasteiger partial charge in [0, 0.05) is 6.61 Å². The van der Waals surface area contributed by atoms with E-state index in [-0.39, 0.29) is 12.1 Å². The van der Waals surface area contributed by atoms with E-state index >= 15 is 0 Å². The molecule has 3 atom stereocenters. The first-order valence-corrected chi connectivity index (χ1v) is 7.09. The van der Waals surface area contributed by atoms with Gasteiger partial charge in [-0.15, -0.1) is 0 Å². The first-order valence-electron chi connectivity index (χ1n) is 5.84. The average molecular weight is 354 g/mol. The number of esters is 1. The third kappa shape index (κ3) is 4.93. The van der Waals surface area contributed by atoms with Gasteiger partial charge in [0.15, 0.2) is 10.2 Å². The van der Waals surface area contributed by atoms with Crippen LogP contribution in [0.25, 0.3) is 0 Å². The van der Waals surface area contributed by atoms with Crippen LogP contribution in [0.2, 0.25) is 0 Å². The summed E-state index contributed by atoms with van der Waals surface area (Å²) in [5.41, 5.74) is 0. The zero-order valence-corrected chi connectivity index (χ0v) is 12.4. The lowest BCUT2D eigenvalue weighted by Crippen LogP contribution is -2.37. The van der Waals surface area contributed by atoms with Gasteiger partial charge in [0.25, 0.3) is 0 Å². The summed E-state index contributed by atoms with van der Waals surface area (Å²) >= 11 is 2.00. The number of rotatable bonds is 6. The van der Waals surface area contributed by atoms with Crippen LogP contribution in [0.5, 0.6) is 0 Å². The highest BCUT2D eigenvalue weighted by Gasteiger charge is 2.30. The Bertz CT molecular complexity index is 267. The Labute approximate surface area is 116 Å². The maximum absolute atomic E-state index is 11.5. The van der Waals surface area contributed by atoms with Crippen molar-refractivity contribution < 1.29 is 19.0 Å². The fraction of sp³-hybridized carbons (Fsp3) is 0.750. The van der Waals surface area contributed by atoms with Crippen LogP contribution in [0.15, 0.2) is 12.2 Å². The number of carbonyl (C=O) groups is 1. The zero-order valence-electron chi connectivity index (χ0n) is 10.2. The van der Waals surface area contributed by atoms with Crippen molar-refractivity contribution in [3.63, 3.8) is 0 Å². The summed E-state index contributed by atoms with van der Waals surface area (Å²) in [5, 5.41) is 0. The molecule has 0 heterocycles. The third-order valence-corrected chi connectivity index (χ3v) is 3.61. The van der Waals surface area contributed by atoms with Gasteiger partial charge in [-0.3, -0.25) is 4.79 Å². The Hall–Kier alpha value is -0.140. The van der Waals surface area contributed by atoms with Crippen LogP contribution in [0, 0.1) is 0 Å². The third-order valence-electron chi connectivity index (χ3n) is 2.52. The van der Waals surface area contributed by atoms with Crippen molar-refractivity contribution in [2.45, 2.75) is 42.5 Å². The van der Waals surface area contributed by atoms with E-state index in [4.69, 9.17) is 14.2 Å². The van der Waals surface area contributed by atoms with E-state index in [1.54, 1.807) is 0 Å². The fourth-order valence-electron chi connectivity index (χ4n) is 1.65. The smallest absolute Gasteiger partial charge is 0.323 e. The van der Waals surface area contributed by atoms with Crippen molar-refractivity contribution in [1.82, 2.24) is 0 Å². The molecule has 5 heteroatoms. The highest BCUT2D eigenvalue weighted by molar-refractivity contribution is 14.1. The highest BCUT2D eigenvalue weighted by atomic mass is 127. The van der Waals surface area contributed by atoms with Crippen LogP contribution in [0.1, 0.15) is 26.2 Å². The fourth-order valence-corrected chi connectivity index (χ4v) is 2.28. The summed E-state index contributed by atoms with van der Waals surface area (Å²) in [5.74, 6) is -0.316. The largest absolute Gasteiger partial charge is 0.468 e. The summed E-state index contributed by atoms with van der Waals surface area (Å²) in [7, 11) is 1.37. The van der Waals surface area contributed by atoms with Crippen LogP contribution in [-0.4, -0.2) is 36.0 Å². The SMILES string of the molecule is CCOC(O[C@@H]1C=CCCC1)C(I)C(=O)OC. The van der Waals surface area contributed by atoms with Crippen molar-refractivity contribution in [2.24, 2.45) is 0 Å². The number of methoxy groups -OCH3 is 1. The van der Waals surface area contributed by atoms with Crippen molar-refractivity contribution in [3.8, 4) is 0 Å². The Morgan fingerprint density at radius 1 is 1.59 bits per heavy atom. The van der Waals surface area contributed by atoms with Crippen molar-refractivity contribution in [2.75, 3.05) is 13.7 Å². The van der Waals surface area contributed by atoms with Crippen molar-refractivity contribution in [1.29, 1.82) is 0 Å². The normalized spacial score (nSPS) is 23.1. The molecule has 0 spiro atoms. The zero-order chi connectivity index (χ0) is 12.7. The molecule has 0 radical (unpaired) electrons. The number of hydrogen-bond donors (Lipinski definition) is 0. The Morgan fingerprint density at radius 2 is 2.35 bits per heavy atom. The molecule has 98 valence electrons. The van der Waals surface area contributed by atoms with Crippen LogP contribution >= 0.6 is 22.6 Å². The molecule has 0 aromatic carbocycles. The van der Waals surface area contributed by atoms with Crippen LogP contribution < -0.4 is 0 Å². The number of allylic oxidation sites excluding steroid dienone is 1. The van der Waals surface area contributed by atoms with Gasteiger partial charge in [-0.05, 0) is 26.2 Å². The molecule has 0 bridgehead atoms. The molecular formula is C12H19IO4. The molecule has 4 nitrogen and oxygen atoms in total. The number of hydrogen-bond acceptors (Lipinski definition) is 4. The summed E-state index contributed by atoms with van der Waals surface area (Å²) in [6, 6.07) is 0. The van der Waals surface area contributed by atoms with Gasteiger partial charge in [0.1, 0.15) is 0 Å². The predicted molar refractivity (Wildman–Crippen MR) is 73.1 cm³/mol. The monoisotopic (exact) mass is 354 g/mol. The molecule has 2 unspecified atom stereocenters.